The van der Waals surface area contributed by atoms with Crippen LogP contribution in [0.1, 0.15) is 0 Å². The lowest BCUT2D eigenvalue weighted by Crippen LogP contribution is -2.23. The van der Waals surface area contributed by atoms with Crippen LogP contribution in [-0.2, 0) is 4.79 Å². The minimum absolute atomic E-state index is 0.197. The van der Waals surface area contributed by atoms with Crippen LogP contribution < -0.4 is 20.1 Å². The summed E-state index contributed by atoms with van der Waals surface area (Å²) >= 11 is 0. The van der Waals surface area contributed by atoms with Gasteiger partial charge in [0.1, 0.15) is 28.8 Å². The molecule has 0 bridgehead atoms. The molecule has 0 saturated carbocycles. The predicted octanol–water partition coefficient (Wildman–Crippen LogP) is 3.03. The molecule has 0 atom stereocenters. The highest BCUT2D eigenvalue weighted by atomic mass is 19.1. The summed E-state index contributed by atoms with van der Waals surface area (Å²) in [5.74, 6) is -1.18. The minimum atomic E-state index is -0.836. The summed E-state index contributed by atoms with van der Waals surface area (Å²) in [6, 6.07) is 8.39. The first kappa shape index (κ1) is 16.5. The molecule has 0 unspecified atom stereocenters. The Morgan fingerprint density at radius 1 is 1.09 bits per heavy atom. The second-order valence-electron chi connectivity index (χ2n) is 4.56. The van der Waals surface area contributed by atoms with E-state index in [1.165, 1.54) is 20.3 Å². The van der Waals surface area contributed by atoms with Gasteiger partial charge in [0.15, 0.2) is 0 Å². The first-order valence-electron chi connectivity index (χ1n) is 6.75. The van der Waals surface area contributed by atoms with Gasteiger partial charge in [0.25, 0.3) is 0 Å². The Bertz CT molecular complexity index is 687. The third-order valence-corrected chi connectivity index (χ3v) is 3.07. The van der Waals surface area contributed by atoms with E-state index in [4.69, 9.17) is 9.47 Å². The average Bonchev–Trinajstić information content (AvgIpc) is 2.56. The number of anilines is 2. The number of hydrogen-bond acceptors (Lipinski definition) is 4. The lowest BCUT2D eigenvalue weighted by atomic mass is 10.2. The van der Waals surface area contributed by atoms with E-state index in [1.54, 1.807) is 18.2 Å². The van der Waals surface area contributed by atoms with Crippen LogP contribution in [0, 0.1) is 11.6 Å². The first-order chi connectivity index (χ1) is 11.0. The van der Waals surface area contributed by atoms with Crippen LogP contribution in [-0.4, -0.2) is 26.7 Å². The predicted molar refractivity (Wildman–Crippen MR) is 83.0 cm³/mol. The van der Waals surface area contributed by atoms with Crippen LogP contribution in [0.3, 0.4) is 0 Å². The molecule has 0 spiro atoms. The molecule has 7 heteroatoms. The van der Waals surface area contributed by atoms with Gasteiger partial charge in [0.05, 0.1) is 26.5 Å². The Balaban J connectivity index is 2.05. The average molecular weight is 322 g/mol. The maximum Gasteiger partial charge on any atom is 0.243 e. The second kappa shape index (κ2) is 7.44. The van der Waals surface area contributed by atoms with Crippen molar-refractivity contribution in [1.29, 1.82) is 0 Å². The molecule has 2 rings (SSSR count). The molecule has 0 radical (unpaired) electrons. The molecule has 0 aliphatic heterocycles. The van der Waals surface area contributed by atoms with Crippen molar-refractivity contribution in [2.24, 2.45) is 0 Å². The molecule has 2 aromatic carbocycles. The first-order valence-corrected chi connectivity index (χ1v) is 6.75. The van der Waals surface area contributed by atoms with Gasteiger partial charge in [-0.25, -0.2) is 8.78 Å². The quantitative estimate of drug-likeness (QED) is 0.858. The highest BCUT2D eigenvalue weighted by Crippen LogP contribution is 2.28. The number of carbonyl (C=O) groups is 1. The van der Waals surface area contributed by atoms with Crippen molar-refractivity contribution < 1.29 is 23.0 Å². The molecule has 1 amide bonds. The minimum Gasteiger partial charge on any atom is -0.497 e. The third-order valence-electron chi connectivity index (χ3n) is 3.07. The van der Waals surface area contributed by atoms with Gasteiger partial charge in [0, 0.05) is 6.07 Å². The molecule has 5 nitrogen and oxygen atoms in total. The van der Waals surface area contributed by atoms with Gasteiger partial charge in [-0.15, -0.1) is 0 Å². The summed E-state index contributed by atoms with van der Waals surface area (Å²) in [6.45, 7) is -0.197. The number of amides is 1. The number of rotatable bonds is 6. The number of benzene rings is 2. The zero-order chi connectivity index (χ0) is 16.8. The van der Waals surface area contributed by atoms with Gasteiger partial charge < -0.3 is 20.1 Å². The summed E-state index contributed by atoms with van der Waals surface area (Å²) in [5, 5.41) is 5.03. The molecule has 0 heterocycles. The molecule has 0 aromatic heterocycles. The highest BCUT2D eigenvalue weighted by molar-refractivity contribution is 5.94. The van der Waals surface area contributed by atoms with Crippen molar-refractivity contribution >= 4 is 17.3 Å². The topological polar surface area (TPSA) is 59.6 Å². The van der Waals surface area contributed by atoms with Crippen LogP contribution in [0.4, 0.5) is 20.2 Å². The Morgan fingerprint density at radius 2 is 1.78 bits per heavy atom. The van der Waals surface area contributed by atoms with E-state index in [-0.39, 0.29) is 6.54 Å². The van der Waals surface area contributed by atoms with Gasteiger partial charge in [-0.1, -0.05) is 6.07 Å². The fourth-order valence-electron chi connectivity index (χ4n) is 1.93. The molecular formula is C16H16F2N2O3. The van der Waals surface area contributed by atoms with Crippen LogP contribution in [0.25, 0.3) is 0 Å². The summed E-state index contributed by atoms with van der Waals surface area (Å²) in [7, 11) is 3.00. The fraction of sp³-hybridized carbons (Fsp3) is 0.188. The van der Waals surface area contributed by atoms with Crippen LogP contribution >= 0.6 is 0 Å². The summed E-state index contributed by atoms with van der Waals surface area (Å²) in [4.78, 5) is 11.9. The number of carbonyl (C=O) groups excluding carboxylic acids is 1. The van der Waals surface area contributed by atoms with Gasteiger partial charge in [-0.3, -0.25) is 4.79 Å². The van der Waals surface area contributed by atoms with Gasteiger partial charge in [-0.05, 0) is 24.3 Å². The van der Waals surface area contributed by atoms with Crippen molar-refractivity contribution in [3.63, 3.8) is 0 Å². The molecule has 0 fully saturated rings. The molecule has 0 aliphatic rings. The van der Waals surface area contributed by atoms with E-state index in [1.807, 2.05) is 0 Å². The second-order valence-corrected chi connectivity index (χ2v) is 4.56. The lowest BCUT2D eigenvalue weighted by molar-refractivity contribution is -0.114. The van der Waals surface area contributed by atoms with Crippen molar-refractivity contribution in [3.05, 3.63) is 48.0 Å². The number of nitrogens with one attached hydrogen (secondary N) is 2. The zero-order valence-electron chi connectivity index (χ0n) is 12.7. The third kappa shape index (κ3) is 4.09. The SMILES string of the molecule is COc1ccc(OC)c(NCC(=O)Nc2c(F)cccc2F)c1. The smallest absolute Gasteiger partial charge is 0.243 e. The van der Waals surface area contributed by atoms with Crippen molar-refractivity contribution in [2.45, 2.75) is 0 Å². The summed E-state index contributed by atoms with van der Waals surface area (Å²) in [6.07, 6.45) is 0. The van der Waals surface area contributed by atoms with Gasteiger partial charge >= 0.3 is 0 Å². The van der Waals surface area contributed by atoms with E-state index >= 15 is 0 Å². The Kier molecular flexibility index (Phi) is 5.35. The maximum atomic E-state index is 13.5. The molecule has 122 valence electrons. The zero-order valence-corrected chi connectivity index (χ0v) is 12.7. The van der Waals surface area contributed by atoms with Crippen molar-refractivity contribution in [2.75, 3.05) is 31.4 Å². The standard InChI is InChI=1S/C16H16F2N2O3/c1-22-10-6-7-14(23-2)13(8-10)19-9-15(21)20-16-11(17)4-3-5-12(16)18/h3-8,19H,9H2,1-2H3,(H,20,21). The van der Waals surface area contributed by atoms with Gasteiger partial charge in [-0.2, -0.15) is 0 Å². The largest absolute Gasteiger partial charge is 0.497 e. The van der Waals surface area contributed by atoms with Gasteiger partial charge in [0.2, 0.25) is 5.91 Å². The molecule has 23 heavy (non-hydrogen) atoms. The number of hydrogen-bond donors (Lipinski definition) is 2. The Morgan fingerprint density at radius 3 is 2.39 bits per heavy atom. The van der Waals surface area contributed by atoms with E-state index in [0.29, 0.717) is 17.2 Å². The highest BCUT2D eigenvalue weighted by Gasteiger charge is 2.12. The Labute approximate surface area is 132 Å². The van der Waals surface area contributed by atoms with Crippen molar-refractivity contribution in [3.8, 4) is 11.5 Å². The number of methoxy groups -OCH3 is 2. The molecule has 2 aromatic rings. The van der Waals surface area contributed by atoms with Crippen LogP contribution in [0.15, 0.2) is 36.4 Å². The molecule has 2 N–H and O–H groups in total. The number of para-hydroxylation sites is 1. The monoisotopic (exact) mass is 322 g/mol. The molecular weight excluding hydrogens is 306 g/mol. The summed E-state index contributed by atoms with van der Waals surface area (Å²) < 4.78 is 37.2. The van der Waals surface area contributed by atoms with E-state index < -0.39 is 23.2 Å². The van der Waals surface area contributed by atoms with E-state index in [9.17, 15) is 13.6 Å². The lowest BCUT2D eigenvalue weighted by Gasteiger charge is -2.13. The Hall–Kier alpha value is -2.83. The summed E-state index contributed by atoms with van der Waals surface area (Å²) in [5.41, 5.74) is 0.0490. The van der Waals surface area contributed by atoms with E-state index in [2.05, 4.69) is 10.6 Å². The van der Waals surface area contributed by atoms with Crippen LogP contribution in [0.5, 0.6) is 11.5 Å². The number of halogens is 2. The maximum absolute atomic E-state index is 13.5. The number of ether oxygens (including phenoxy) is 2. The normalized spacial score (nSPS) is 10.1. The van der Waals surface area contributed by atoms with E-state index in [0.717, 1.165) is 12.1 Å². The van der Waals surface area contributed by atoms with Crippen molar-refractivity contribution in [1.82, 2.24) is 0 Å². The molecule has 0 saturated heterocycles. The molecule has 0 aliphatic carbocycles. The fourth-order valence-corrected chi connectivity index (χ4v) is 1.93. The van der Waals surface area contributed by atoms with Crippen LogP contribution in [0.2, 0.25) is 0 Å².